The number of aromatic nitrogens is 2. The molecule has 1 aromatic rings. The molecular formula is C14H23N3O2. The molecule has 1 aliphatic heterocycles. The Balaban J connectivity index is 2.04. The molecule has 5 nitrogen and oxygen atoms in total. The van der Waals surface area contributed by atoms with Crippen molar-refractivity contribution in [1.82, 2.24) is 9.97 Å². The van der Waals surface area contributed by atoms with Gasteiger partial charge in [0.15, 0.2) is 0 Å². The third kappa shape index (κ3) is 3.80. The van der Waals surface area contributed by atoms with Gasteiger partial charge in [0.2, 0.25) is 0 Å². The molecule has 0 aromatic carbocycles. The second-order valence-corrected chi connectivity index (χ2v) is 5.95. The van der Waals surface area contributed by atoms with Crippen LogP contribution in [0.1, 0.15) is 45.4 Å². The summed E-state index contributed by atoms with van der Waals surface area (Å²) in [6.45, 7) is 8.74. The van der Waals surface area contributed by atoms with E-state index in [0.717, 1.165) is 38.4 Å². The Hall–Kier alpha value is -1.36. The summed E-state index contributed by atoms with van der Waals surface area (Å²) in [6, 6.07) is 1.52. The smallest absolute Gasteiger partial charge is 0.252 e. The van der Waals surface area contributed by atoms with Gasteiger partial charge in [0.1, 0.15) is 11.6 Å². The van der Waals surface area contributed by atoms with E-state index < -0.39 is 0 Å². The number of aromatic amines is 1. The number of anilines is 1. The van der Waals surface area contributed by atoms with E-state index in [-0.39, 0.29) is 16.9 Å². The fraction of sp³-hybridized carbons (Fsp3) is 0.714. The number of hydrogen-bond acceptors (Lipinski definition) is 4. The minimum Gasteiger partial charge on any atom is -0.381 e. The largest absolute Gasteiger partial charge is 0.381 e. The minimum atomic E-state index is -0.0988. The van der Waals surface area contributed by atoms with Crippen molar-refractivity contribution in [2.45, 2.75) is 39.5 Å². The van der Waals surface area contributed by atoms with E-state index in [1.165, 1.54) is 6.07 Å². The van der Waals surface area contributed by atoms with E-state index in [1.54, 1.807) is 0 Å². The van der Waals surface area contributed by atoms with Gasteiger partial charge >= 0.3 is 0 Å². The number of nitrogens with zero attached hydrogens (tertiary/aromatic N) is 1. The van der Waals surface area contributed by atoms with Crippen molar-refractivity contribution in [1.29, 1.82) is 0 Å². The number of H-pyrrole nitrogens is 1. The molecule has 5 heteroatoms. The van der Waals surface area contributed by atoms with Crippen molar-refractivity contribution in [2.24, 2.45) is 5.41 Å². The molecule has 106 valence electrons. The van der Waals surface area contributed by atoms with Gasteiger partial charge in [0, 0.05) is 31.7 Å². The SMILES string of the molecule is CC(C)c1nc(NCC2(C)CCOCC2)cc(=O)[nH]1. The molecule has 0 spiro atoms. The number of hydrogen-bond donors (Lipinski definition) is 2. The molecule has 2 rings (SSSR count). The monoisotopic (exact) mass is 265 g/mol. The van der Waals surface area contributed by atoms with Crippen LogP contribution in [-0.4, -0.2) is 29.7 Å². The number of nitrogens with one attached hydrogen (secondary N) is 2. The molecule has 0 bridgehead atoms. The maximum Gasteiger partial charge on any atom is 0.252 e. The summed E-state index contributed by atoms with van der Waals surface area (Å²) < 4.78 is 5.39. The average Bonchev–Trinajstić information content (AvgIpc) is 2.37. The number of ether oxygens (including phenoxy) is 1. The van der Waals surface area contributed by atoms with Crippen molar-refractivity contribution in [2.75, 3.05) is 25.1 Å². The average molecular weight is 265 g/mol. The maximum absolute atomic E-state index is 11.6. The van der Waals surface area contributed by atoms with Gasteiger partial charge in [-0.2, -0.15) is 0 Å². The van der Waals surface area contributed by atoms with E-state index in [9.17, 15) is 4.79 Å². The van der Waals surface area contributed by atoms with Crippen molar-refractivity contribution >= 4 is 5.82 Å². The molecule has 0 aliphatic carbocycles. The van der Waals surface area contributed by atoms with Crippen LogP contribution in [0.3, 0.4) is 0 Å². The highest BCUT2D eigenvalue weighted by atomic mass is 16.5. The second-order valence-electron chi connectivity index (χ2n) is 5.95. The highest BCUT2D eigenvalue weighted by Crippen LogP contribution is 2.29. The normalized spacial score (nSPS) is 18.5. The Morgan fingerprint density at radius 1 is 1.47 bits per heavy atom. The van der Waals surface area contributed by atoms with Crippen LogP contribution in [0.15, 0.2) is 10.9 Å². The lowest BCUT2D eigenvalue weighted by atomic mass is 9.82. The molecular weight excluding hydrogens is 242 g/mol. The lowest BCUT2D eigenvalue weighted by Gasteiger charge is -2.33. The first kappa shape index (κ1) is 14.1. The van der Waals surface area contributed by atoms with Crippen LogP contribution in [0.4, 0.5) is 5.82 Å². The molecule has 0 radical (unpaired) electrons. The molecule has 1 aliphatic rings. The molecule has 0 saturated carbocycles. The predicted molar refractivity (Wildman–Crippen MR) is 75.6 cm³/mol. The highest BCUT2D eigenvalue weighted by Gasteiger charge is 2.27. The maximum atomic E-state index is 11.6. The first-order valence-electron chi connectivity index (χ1n) is 6.91. The highest BCUT2D eigenvalue weighted by molar-refractivity contribution is 5.33. The van der Waals surface area contributed by atoms with E-state index in [1.807, 2.05) is 13.8 Å². The van der Waals surface area contributed by atoms with Crippen molar-refractivity contribution in [3.8, 4) is 0 Å². The van der Waals surface area contributed by atoms with Gasteiger partial charge in [0.25, 0.3) is 5.56 Å². The van der Waals surface area contributed by atoms with Crippen molar-refractivity contribution < 1.29 is 4.74 Å². The Labute approximate surface area is 113 Å². The standard InChI is InChI=1S/C14H23N3O2/c1-10(2)13-16-11(8-12(18)17-13)15-9-14(3)4-6-19-7-5-14/h8,10H,4-7,9H2,1-3H3,(H2,15,16,17,18). The van der Waals surface area contributed by atoms with Gasteiger partial charge in [-0.25, -0.2) is 4.98 Å². The van der Waals surface area contributed by atoms with E-state index in [2.05, 4.69) is 22.2 Å². The Morgan fingerprint density at radius 2 is 2.16 bits per heavy atom. The van der Waals surface area contributed by atoms with E-state index >= 15 is 0 Å². The Morgan fingerprint density at radius 3 is 2.79 bits per heavy atom. The van der Waals surface area contributed by atoms with Crippen LogP contribution < -0.4 is 10.9 Å². The summed E-state index contributed by atoms with van der Waals surface area (Å²) >= 11 is 0. The van der Waals surface area contributed by atoms with Crippen LogP contribution in [-0.2, 0) is 4.74 Å². The molecule has 19 heavy (non-hydrogen) atoms. The third-order valence-electron chi connectivity index (χ3n) is 3.70. The summed E-state index contributed by atoms with van der Waals surface area (Å²) in [7, 11) is 0. The van der Waals surface area contributed by atoms with Gasteiger partial charge in [-0.1, -0.05) is 20.8 Å². The lowest BCUT2D eigenvalue weighted by molar-refractivity contribution is 0.0299. The fourth-order valence-electron chi connectivity index (χ4n) is 2.19. The fourth-order valence-corrected chi connectivity index (χ4v) is 2.19. The van der Waals surface area contributed by atoms with Crippen molar-refractivity contribution in [3.63, 3.8) is 0 Å². The van der Waals surface area contributed by atoms with Crippen LogP contribution in [0.2, 0.25) is 0 Å². The molecule has 0 unspecified atom stereocenters. The number of rotatable bonds is 4. The summed E-state index contributed by atoms with van der Waals surface area (Å²) in [4.78, 5) is 18.8. The predicted octanol–water partition coefficient (Wildman–Crippen LogP) is 2.12. The zero-order valence-electron chi connectivity index (χ0n) is 12.0. The van der Waals surface area contributed by atoms with Crippen LogP contribution in [0.25, 0.3) is 0 Å². The summed E-state index contributed by atoms with van der Waals surface area (Å²) in [5.41, 5.74) is 0.124. The summed E-state index contributed by atoms with van der Waals surface area (Å²) in [5, 5.41) is 3.30. The Kier molecular flexibility index (Phi) is 4.24. The minimum absolute atomic E-state index is 0.0988. The van der Waals surface area contributed by atoms with Gasteiger partial charge in [-0.3, -0.25) is 4.79 Å². The van der Waals surface area contributed by atoms with Crippen LogP contribution in [0.5, 0.6) is 0 Å². The lowest BCUT2D eigenvalue weighted by Crippen LogP contribution is -2.33. The van der Waals surface area contributed by atoms with Crippen LogP contribution >= 0.6 is 0 Å². The summed E-state index contributed by atoms with van der Waals surface area (Å²) in [6.07, 6.45) is 2.08. The first-order chi connectivity index (χ1) is 8.98. The molecule has 1 fully saturated rings. The van der Waals surface area contributed by atoms with Gasteiger partial charge in [-0.15, -0.1) is 0 Å². The van der Waals surface area contributed by atoms with Crippen molar-refractivity contribution in [3.05, 3.63) is 22.2 Å². The zero-order valence-corrected chi connectivity index (χ0v) is 12.0. The topological polar surface area (TPSA) is 67.0 Å². The quantitative estimate of drug-likeness (QED) is 0.875. The third-order valence-corrected chi connectivity index (χ3v) is 3.70. The molecule has 2 heterocycles. The molecule has 2 N–H and O–H groups in total. The molecule has 1 aromatic heterocycles. The van der Waals surface area contributed by atoms with Gasteiger partial charge in [0.05, 0.1) is 0 Å². The molecule has 0 atom stereocenters. The van der Waals surface area contributed by atoms with Crippen LogP contribution in [0, 0.1) is 5.41 Å². The van der Waals surface area contributed by atoms with Gasteiger partial charge < -0.3 is 15.0 Å². The molecule has 0 amide bonds. The van der Waals surface area contributed by atoms with E-state index in [4.69, 9.17) is 4.74 Å². The Bertz CT molecular complexity index is 476. The second kappa shape index (κ2) is 5.74. The van der Waals surface area contributed by atoms with Gasteiger partial charge in [-0.05, 0) is 18.3 Å². The zero-order chi connectivity index (χ0) is 13.9. The van der Waals surface area contributed by atoms with E-state index in [0.29, 0.717) is 5.82 Å². The molecule has 1 saturated heterocycles. The first-order valence-corrected chi connectivity index (χ1v) is 6.91. The summed E-state index contributed by atoms with van der Waals surface area (Å²) in [5.74, 6) is 1.61.